The molecular weight excluding hydrogens is 420 g/mol. The van der Waals surface area contributed by atoms with E-state index in [1.807, 2.05) is 12.1 Å². The summed E-state index contributed by atoms with van der Waals surface area (Å²) in [6.07, 6.45) is 1.76. The van der Waals surface area contributed by atoms with Gasteiger partial charge < -0.3 is 10.5 Å². The maximum absolute atomic E-state index is 12.8. The molecule has 4 rings (SSSR count). The smallest absolute Gasteiger partial charge is 0.201 e. The molecule has 0 radical (unpaired) electrons. The van der Waals surface area contributed by atoms with E-state index in [0.717, 1.165) is 27.0 Å². The summed E-state index contributed by atoms with van der Waals surface area (Å²) in [5.74, 6) is 0.401. The Kier molecular flexibility index (Phi) is 5.33. The number of nitrogen functional groups attached to an aromatic ring is 1. The number of thiophene rings is 1. The minimum Gasteiger partial charge on any atom is -0.396 e. The summed E-state index contributed by atoms with van der Waals surface area (Å²) in [6.45, 7) is 6.81. The molecule has 0 fully saturated rings. The number of ether oxygens (including phenoxy) is 1. The molecule has 0 saturated heterocycles. The first kappa shape index (κ1) is 20.8. The lowest BCUT2D eigenvalue weighted by molar-refractivity contribution is 0.218. The van der Waals surface area contributed by atoms with E-state index in [-0.39, 0.29) is 5.41 Å². The number of rotatable bonds is 5. The summed E-state index contributed by atoms with van der Waals surface area (Å²) in [4.78, 5) is 11.5. The number of methoxy groups -OCH3 is 1. The number of hydrogen-bond donors (Lipinski definition) is 1. The van der Waals surface area contributed by atoms with Gasteiger partial charge in [-0.3, -0.25) is 4.21 Å². The molecule has 0 aliphatic rings. The van der Waals surface area contributed by atoms with Crippen LogP contribution in [0.4, 0.5) is 5.69 Å². The van der Waals surface area contributed by atoms with Crippen molar-refractivity contribution in [2.75, 3.05) is 25.2 Å². The van der Waals surface area contributed by atoms with Crippen LogP contribution in [0, 0.1) is 0 Å². The maximum atomic E-state index is 12.8. The van der Waals surface area contributed by atoms with E-state index in [1.165, 1.54) is 16.1 Å². The highest BCUT2D eigenvalue weighted by molar-refractivity contribution is 7.87. The van der Waals surface area contributed by atoms with E-state index in [0.29, 0.717) is 33.4 Å². The minimum atomic E-state index is -1.23. The summed E-state index contributed by atoms with van der Waals surface area (Å²) in [6, 6.07) is 3.98. The predicted molar refractivity (Wildman–Crippen MR) is 121 cm³/mol. The molecule has 2 N–H and O–H groups in total. The summed E-state index contributed by atoms with van der Waals surface area (Å²) >= 11 is 1.38. The largest absolute Gasteiger partial charge is 0.396 e. The molecule has 0 unspecified atom stereocenters. The van der Waals surface area contributed by atoms with Gasteiger partial charge in [-0.05, 0) is 23.1 Å². The zero-order valence-electron chi connectivity index (χ0n) is 17.6. The van der Waals surface area contributed by atoms with Crippen molar-refractivity contribution in [3.63, 3.8) is 0 Å². The van der Waals surface area contributed by atoms with Crippen LogP contribution >= 0.6 is 11.3 Å². The van der Waals surface area contributed by atoms with Crippen LogP contribution in [0.2, 0.25) is 0 Å². The lowest BCUT2D eigenvalue weighted by atomic mass is 9.84. The Balaban J connectivity index is 1.92. The SMILES string of the molecule is COCC[S@@](=O)c1sc2nc(-c3cnc4nn(C)nc4c3)cc(C(C)(C)C)c2c1N. The Morgan fingerprint density at radius 3 is 2.73 bits per heavy atom. The van der Waals surface area contributed by atoms with Gasteiger partial charge in [-0.15, -0.1) is 16.4 Å². The second-order valence-corrected chi connectivity index (χ2v) is 10.9. The van der Waals surface area contributed by atoms with Gasteiger partial charge in [0.2, 0.25) is 5.65 Å². The maximum Gasteiger partial charge on any atom is 0.201 e. The Morgan fingerprint density at radius 1 is 1.27 bits per heavy atom. The third-order valence-corrected chi connectivity index (χ3v) is 7.66. The lowest BCUT2D eigenvalue weighted by Gasteiger charge is -2.21. The average Bonchev–Trinajstić information content (AvgIpc) is 3.23. The first-order valence-electron chi connectivity index (χ1n) is 9.47. The molecule has 1 atom stereocenters. The number of nitrogens with two attached hydrogens (primary N) is 1. The molecule has 0 aliphatic heterocycles. The molecule has 0 aromatic carbocycles. The summed E-state index contributed by atoms with van der Waals surface area (Å²) in [5, 5.41) is 9.46. The summed E-state index contributed by atoms with van der Waals surface area (Å²) in [5.41, 5.74) is 10.8. The molecule has 0 amide bonds. The fourth-order valence-electron chi connectivity index (χ4n) is 3.31. The highest BCUT2D eigenvalue weighted by Gasteiger charge is 2.25. The highest BCUT2D eigenvalue weighted by Crippen LogP contribution is 2.42. The molecule has 10 heteroatoms. The first-order valence-corrected chi connectivity index (χ1v) is 11.6. The molecule has 158 valence electrons. The first-order chi connectivity index (χ1) is 14.2. The summed E-state index contributed by atoms with van der Waals surface area (Å²) in [7, 11) is 2.13. The van der Waals surface area contributed by atoms with E-state index in [9.17, 15) is 4.21 Å². The molecular formula is C20H24N6O2S2. The topological polar surface area (TPSA) is 109 Å². The van der Waals surface area contributed by atoms with Crippen molar-refractivity contribution in [1.82, 2.24) is 25.0 Å². The van der Waals surface area contributed by atoms with Crippen LogP contribution in [0.3, 0.4) is 0 Å². The number of pyridine rings is 2. The molecule has 8 nitrogen and oxygen atoms in total. The quantitative estimate of drug-likeness (QED) is 0.503. The van der Waals surface area contributed by atoms with Crippen LogP contribution in [-0.2, 0) is 28.0 Å². The van der Waals surface area contributed by atoms with Gasteiger partial charge in [0.1, 0.15) is 14.6 Å². The van der Waals surface area contributed by atoms with Crippen LogP contribution < -0.4 is 5.73 Å². The van der Waals surface area contributed by atoms with Gasteiger partial charge in [-0.1, -0.05) is 20.8 Å². The van der Waals surface area contributed by atoms with Crippen LogP contribution in [0.15, 0.2) is 22.5 Å². The Hall–Kier alpha value is -2.43. The second-order valence-electron chi connectivity index (χ2n) is 8.09. The zero-order chi connectivity index (χ0) is 21.6. The Labute approximate surface area is 180 Å². The zero-order valence-corrected chi connectivity index (χ0v) is 19.2. The molecule has 0 bridgehead atoms. The van der Waals surface area contributed by atoms with E-state index < -0.39 is 10.8 Å². The van der Waals surface area contributed by atoms with Crippen molar-refractivity contribution in [1.29, 1.82) is 0 Å². The number of hydrogen-bond acceptors (Lipinski definition) is 8. The van der Waals surface area contributed by atoms with E-state index in [1.54, 1.807) is 20.4 Å². The summed E-state index contributed by atoms with van der Waals surface area (Å²) < 4.78 is 18.5. The van der Waals surface area contributed by atoms with E-state index in [4.69, 9.17) is 15.5 Å². The molecule has 30 heavy (non-hydrogen) atoms. The molecule has 4 heterocycles. The number of anilines is 1. The van der Waals surface area contributed by atoms with Crippen molar-refractivity contribution in [3.8, 4) is 11.3 Å². The van der Waals surface area contributed by atoms with Crippen molar-refractivity contribution >= 4 is 49.2 Å². The van der Waals surface area contributed by atoms with Gasteiger partial charge in [0, 0.05) is 31.3 Å². The molecule has 4 aromatic heterocycles. The van der Waals surface area contributed by atoms with Gasteiger partial charge in [0.05, 0.1) is 34.5 Å². The third-order valence-electron chi connectivity index (χ3n) is 4.79. The number of fused-ring (bicyclic) bond motifs is 2. The van der Waals surface area contributed by atoms with Crippen LogP contribution in [0.1, 0.15) is 26.3 Å². The fourth-order valence-corrected chi connectivity index (χ4v) is 5.88. The fraction of sp³-hybridized carbons (Fsp3) is 0.400. The van der Waals surface area contributed by atoms with Gasteiger partial charge in [0.15, 0.2) is 0 Å². The average molecular weight is 445 g/mol. The molecule has 4 aromatic rings. The number of aryl methyl sites for hydroxylation is 1. The van der Waals surface area contributed by atoms with Crippen LogP contribution in [0.5, 0.6) is 0 Å². The second kappa shape index (κ2) is 7.68. The van der Waals surface area contributed by atoms with E-state index >= 15 is 0 Å². The van der Waals surface area contributed by atoms with Crippen molar-refractivity contribution in [3.05, 3.63) is 23.9 Å². The van der Waals surface area contributed by atoms with Crippen LogP contribution in [-0.4, -0.2) is 48.6 Å². The third kappa shape index (κ3) is 3.70. The van der Waals surface area contributed by atoms with Crippen molar-refractivity contribution in [2.45, 2.75) is 30.4 Å². The molecule has 0 spiro atoms. The van der Waals surface area contributed by atoms with Gasteiger partial charge in [-0.2, -0.15) is 9.90 Å². The Bertz CT molecular complexity index is 1270. The lowest BCUT2D eigenvalue weighted by Crippen LogP contribution is -2.13. The van der Waals surface area contributed by atoms with E-state index in [2.05, 4.69) is 36.0 Å². The Morgan fingerprint density at radius 2 is 2.03 bits per heavy atom. The van der Waals surface area contributed by atoms with Crippen molar-refractivity contribution < 1.29 is 8.95 Å². The molecule has 0 aliphatic carbocycles. The van der Waals surface area contributed by atoms with Gasteiger partial charge in [-0.25, -0.2) is 9.97 Å². The number of nitrogens with zero attached hydrogens (tertiary/aromatic N) is 5. The standard InChI is InChI=1S/C20H24N6O2S2/c1-20(2,3)12-9-13(11-8-14-17(22-10-11)25-26(4)24-14)23-18-15(12)16(21)19(29-18)30(27)7-6-28-5/h8-10H,6-7,21H2,1-5H3/t30-/m1/s1. The van der Waals surface area contributed by atoms with Gasteiger partial charge >= 0.3 is 0 Å². The van der Waals surface area contributed by atoms with Gasteiger partial charge in [0.25, 0.3) is 0 Å². The number of aromatic nitrogens is 5. The van der Waals surface area contributed by atoms with Crippen molar-refractivity contribution in [2.24, 2.45) is 7.05 Å². The highest BCUT2D eigenvalue weighted by atomic mass is 32.2. The normalized spacial score (nSPS) is 13.4. The monoisotopic (exact) mass is 444 g/mol. The minimum absolute atomic E-state index is 0.180. The van der Waals surface area contributed by atoms with Crippen LogP contribution in [0.25, 0.3) is 32.6 Å². The molecule has 0 saturated carbocycles. The predicted octanol–water partition coefficient (Wildman–Crippen LogP) is 3.27.